The fourth-order valence-electron chi connectivity index (χ4n) is 3.89. The van der Waals surface area contributed by atoms with E-state index in [1.54, 1.807) is 19.5 Å². The van der Waals surface area contributed by atoms with Crippen LogP contribution in [-0.4, -0.2) is 58.9 Å². The lowest BCUT2D eigenvalue weighted by Crippen LogP contribution is -2.64. The van der Waals surface area contributed by atoms with Crippen molar-refractivity contribution in [3.8, 4) is 0 Å². The molecule has 0 bridgehead atoms. The molecule has 136 valence electrons. The van der Waals surface area contributed by atoms with Gasteiger partial charge >= 0.3 is 0 Å². The second-order valence-electron chi connectivity index (χ2n) is 7.34. The highest BCUT2D eigenvalue weighted by Gasteiger charge is 2.51. The van der Waals surface area contributed by atoms with Gasteiger partial charge in [-0.05, 0) is 36.5 Å². The molecule has 0 spiro atoms. The van der Waals surface area contributed by atoms with E-state index in [0.717, 1.165) is 31.5 Å². The molecule has 0 N–H and O–H groups in total. The minimum atomic E-state index is -0.414. The molecule has 0 saturated carbocycles. The van der Waals surface area contributed by atoms with Crippen LogP contribution in [0.5, 0.6) is 0 Å². The molecule has 2 aliphatic rings. The molecule has 2 aliphatic heterocycles. The predicted octanol–water partition coefficient (Wildman–Crippen LogP) is 2.02. The van der Waals surface area contributed by atoms with Gasteiger partial charge in [0.05, 0.1) is 6.04 Å². The number of aromatic nitrogens is 1. The number of ether oxygens (including phenoxy) is 1. The molecule has 3 rings (SSSR count). The largest absolute Gasteiger partial charge is 0.369 e. The number of β-lactam (4-membered cyclic amide) rings is 1. The highest BCUT2D eigenvalue weighted by molar-refractivity contribution is 5.89. The van der Waals surface area contributed by atoms with E-state index in [9.17, 15) is 9.59 Å². The minimum absolute atomic E-state index is 0.0521. The van der Waals surface area contributed by atoms with Crippen LogP contribution in [0.1, 0.15) is 44.7 Å². The highest BCUT2D eigenvalue weighted by atomic mass is 16.5. The first kappa shape index (κ1) is 17.9. The fourth-order valence-corrected chi connectivity index (χ4v) is 3.89. The third-order valence-corrected chi connectivity index (χ3v) is 5.18. The Morgan fingerprint density at radius 1 is 1.28 bits per heavy atom. The molecule has 0 aromatic carbocycles. The Bertz CT molecular complexity index is 612. The molecule has 2 amide bonds. The number of carbonyl (C=O) groups is 2. The SMILES string of the molecule is CO[C@H]1C(=O)N(C2CCN(C(=O)CC(C)C)CC2)[C@H]1c1ccncc1. The molecule has 6 heteroatoms. The van der Waals surface area contributed by atoms with Crippen molar-refractivity contribution >= 4 is 11.8 Å². The summed E-state index contributed by atoms with van der Waals surface area (Å²) in [6, 6.07) is 4.00. The van der Waals surface area contributed by atoms with E-state index in [1.807, 2.05) is 21.9 Å². The van der Waals surface area contributed by atoms with Gasteiger partial charge in [0.15, 0.2) is 6.10 Å². The van der Waals surface area contributed by atoms with Crippen LogP contribution >= 0.6 is 0 Å². The molecule has 3 heterocycles. The van der Waals surface area contributed by atoms with Crippen LogP contribution in [0.2, 0.25) is 0 Å². The van der Waals surface area contributed by atoms with Crippen molar-refractivity contribution in [2.45, 2.75) is 51.3 Å². The molecule has 2 fully saturated rings. The number of amides is 2. The van der Waals surface area contributed by atoms with Gasteiger partial charge < -0.3 is 14.5 Å². The number of likely N-dealkylation sites (tertiary alicyclic amines) is 2. The van der Waals surface area contributed by atoms with Crippen LogP contribution in [0.3, 0.4) is 0 Å². The molecule has 2 saturated heterocycles. The smallest absolute Gasteiger partial charge is 0.255 e. The Hall–Kier alpha value is -1.95. The van der Waals surface area contributed by atoms with Crippen molar-refractivity contribution in [2.24, 2.45) is 5.92 Å². The summed E-state index contributed by atoms with van der Waals surface area (Å²) in [5.74, 6) is 0.654. The molecule has 0 radical (unpaired) electrons. The first-order valence-corrected chi connectivity index (χ1v) is 9.05. The lowest BCUT2D eigenvalue weighted by atomic mass is 9.86. The summed E-state index contributed by atoms with van der Waals surface area (Å²) >= 11 is 0. The first-order chi connectivity index (χ1) is 12.0. The van der Waals surface area contributed by atoms with Gasteiger partial charge in [0.25, 0.3) is 5.91 Å². The normalized spacial score (nSPS) is 24.6. The van der Waals surface area contributed by atoms with E-state index in [4.69, 9.17) is 4.74 Å². The average Bonchev–Trinajstić information content (AvgIpc) is 2.60. The monoisotopic (exact) mass is 345 g/mol. The van der Waals surface area contributed by atoms with Gasteiger partial charge in [0, 0.05) is 45.1 Å². The number of methoxy groups -OCH3 is 1. The van der Waals surface area contributed by atoms with Crippen LogP contribution in [0.25, 0.3) is 0 Å². The summed E-state index contributed by atoms with van der Waals surface area (Å²) in [4.78, 5) is 32.7. The highest BCUT2D eigenvalue weighted by Crippen LogP contribution is 2.40. The van der Waals surface area contributed by atoms with Crippen LogP contribution in [0.15, 0.2) is 24.5 Å². The Balaban J connectivity index is 1.66. The van der Waals surface area contributed by atoms with Crippen molar-refractivity contribution in [2.75, 3.05) is 20.2 Å². The standard InChI is InChI=1S/C19H27N3O3/c1-13(2)12-16(23)21-10-6-15(7-11-21)22-17(18(25-3)19(22)24)14-4-8-20-9-5-14/h4-5,8-9,13,15,17-18H,6-7,10-12H2,1-3H3/t17-,18+/m0/s1. The Morgan fingerprint density at radius 3 is 2.48 bits per heavy atom. The Morgan fingerprint density at radius 2 is 1.92 bits per heavy atom. The van der Waals surface area contributed by atoms with Crippen LogP contribution in [0, 0.1) is 5.92 Å². The van der Waals surface area contributed by atoms with Crippen LogP contribution in [-0.2, 0) is 14.3 Å². The summed E-state index contributed by atoms with van der Waals surface area (Å²) in [7, 11) is 1.58. The summed E-state index contributed by atoms with van der Waals surface area (Å²) in [5.41, 5.74) is 1.06. The molecular weight excluding hydrogens is 318 g/mol. The number of carbonyl (C=O) groups excluding carboxylic acids is 2. The van der Waals surface area contributed by atoms with Gasteiger partial charge in [-0.1, -0.05) is 13.8 Å². The van der Waals surface area contributed by atoms with Gasteiger partial charge in [0.2, 0.25) is 5.91 Å². The molecule has 6 nitrogen and oxygen atoms in total. The lowest BCUT2D eigenvalue weighted by molar-refractivity contribution is -0.178. The average molecular weight is 345 g/mol. The number of hydrogen-bond acceptors (Lipinski definition) is 4. The number of pyridine rings is 1. The van der Waals surface area contributed by atoms with E-state index < -0.39 is 6.10 Å². The van der Waals surface area contributed by atoms with E-state index in [1.165, 1.54) is 0 Å². The zero-order chi connectivity index (χ0) is 18.0. The summed E-state index contributed by atoms with van der Waals surface area (Å²) < 4.78 is 5.41. The van der Waals surface area contributed by atoms with Crippen molar-refractivity contribution in [3.05, 3.63) is 30.1 Å². The molecule has 0 aliphatic carbocycles. The maximum atomic E-state index is 12.5. The van der Waals surface area contributed by atoms with Gasteiger partial charge in [-0.15, -0.1) is 0 Å². The first-order valence-electron chi connectivity index (χ1n) is 9.05. The van der Waals surface area contributed by atoms with Gasteiger partial charge in [-0.25, -0.2) is 0 Å². The minimum Gasteiger partial charge on any atom is -0.369 e. The van der Waals surface area contributed by atoms with Crippen molar-refractivity contribution in [3.63, 3.8) is 0 Å². The quantitative estimate of drug-likeness (QED) is 0.766. The van der Waals surface area contributed by atoms with Crippen molar-refractivity contribution in [1.29, 1.82) is 0 Å². The third-order valence-electron chi connectivity index (χ3n) is 5.18. The van der Waals surface area contributed by atoms with Gasteiger partial charge in [-0.2, -0.15) is 0 Å². The predicted molar refractivity (Wildman–Crippen MR) is 93.7 cm³/mol. The topological polar surface area (TPSA) is 62.7 Å². The van der Waals surface area contributed by atoms with E-state index >= 15 is 0 Å². The molecule has 1 aromatic heterocycles. The molecule has 25 heavy (non-hydrogen) atoms. The summed E-state index contributed by atoms with van der Waals surface area (Å²) in [6.45, 7) is 5.57. The fraction of sp³-hybridized carbons (Fsp3) is 0.632. The van der Waals surface area contributed by atoms with E-state index in [2.05, 4.69) is 18.8 Å². The number of rotatable bonds is 5. The number of nitrogens with zero attached hydrogens (tertiary/aromatic N) is 3. The Labute approximate surface area is 149 Å². The third kappa shape index (κ3) is 3.54. The van der Waals surface area contributed by atoms with Crippen molar-refractivity contribution in [1.82, 2.24) is 14.8 Å². The summed E-state index contributed by atoms with van der Waals surface area (Å²) in [5, 5.41) is 0. The van der Waals surface area contributed by atoms with Gasteiger partial charge in [0.1, 0.15) is 0 Å². The molecule has 0 unspecified atom stereocenters. The molecular formula is C19H27N3O3. The second-order valence-corrected chi connectivity index (χ2v) is 7.34. The Kier molecular flexibility index (Phi) is 5.37. The van der Waals surface area contributed by atoms with Crippen LogP contribution < -0.4 is 0 Å². The maximum absolute atomic E-state index is 12.5. The van der Waals surface area contributed by atoms with Crippen molar-refractivity contribution < 1.29 is 14.3 Å². The summed E-state index contributed by atoms with van der Waals surface area (Å²) in [6.07, 6.45) is 5.33. The number of hydrogen-bond donors (Lipinski definition) is 0. The lowest BCUT2D eigenvalue weighted by Gasteiger charge is -2.52. The van der Waals surface area contributed by atoms with Crippen LogP contribution in [0.4, 0.5) is 0 Å². The van der Waals surface area contributed by atoms with Gasteiger partial charge in [-0.3, -0.25) is 14.6 Å². The second kappa shape index (κ2) is 7.52. The van der Waals surface area contributed by atoms with E-state index in [0.29, 0.717) is 12.3 Å². The zero-order valence-electron chi connectivity index (χ0n) is 15.2. The maximum Gasteiger partial charge on any atom is 0.255 e. The molecule has 1 aromatic rings. The number of piperidine rings is 1. The van der Waals surface area contributed by atoms with E-state index in [-0.39, 0.29) is 23.9 Å². The zero-order valence-corrected chi connectivity index (χ0v) is 15.2. The molecule has 2 atom stereocenters.